The van der Waals surface area contributed by atoms with Gasteiger partial charge in [-0.2, -0.15) is 4.98 Å². The predicted octanol–water partition coefficient (Wildman–Crippen LogP) is 2.97. The van der Waals surface area contributed by atoms with Crippen LogP contribution >= 0.6 is 11.3 Å². The summed E-state index contributed by atoms with van der Waals surface area (Å²) >= 11 is 1.48. The molecule has 1 aliphatic rings. The number of aryl methyl sites for hydroxylation is 1. The van der Waals surface area contributed by atoms with Gasteiger partial charge in [0.25, 0.3) is 0 Å². The summed E-state index contributed by atoms with van der Waals surface area (Å²) in [5, 5.41) is 12.5. The Morgan fingerprint density at radius 2 is 2.28 bits per heavy atom. The molecule has 2 amide bonds. The van der Waals surface area contributed by atoms with Gasteiger partial charge in [-0.25, -0.2) is 9.78 Å². The zero-order valence-electron chi connectivity index (χ0n) is 13.6. The fourth-order valence-corrected chi connectivity index (χ4v) is 3.55. The largest absolute Gasteiger partial charge is 0.462 e. The van der Waals surface area contributed by atoms with Crippen molar-refractivity contribution in [3.05, 3.63) is 41.2 Å². The number of aromatic nitrogens is 3. The second kappa shape index (κ2) is 6.32. The molecule has 0 aromatic carbocycles. The van der Waals surface area contributed by atoms with Crippen molar-refractivity contribution in [1.82, 2.24) is 25.8 Å². The molecule has 0 bridgehead atoms. The van der Waals surface area contributed by atoms with Crippen LogP contribution in [0, 0.1) is 6.92 Å². The maximum Gasteiger partial charge on any atom is 0.315 e. The Labute approximate surface area is 147 Å². The molecule has 1 fully saturated rings. The van der Waals surface area contributed by atoms with Crippen LogP contribution in [-0.2, 0) is 12.1 Å². The van der Waals surface area contributed by atoms with Crippen LogP contribution in [0.4, 0.5) is 4.79 Å². The van der Waals surface area contributed by atoms with E-state index in [2.05, 4.69) is 25.8 Å². The zero-order chi connectivity index (χ0) is 17.3. The minimum Gasteiger partial charge on any atom is -0.462 e. The smallest absolute Gasteiger partial charge is 0.315 e. The second-order valence-corrected chi connectivity index (χ2v) is 6.86. The van der Waals surface area contributed by atoms with Gasteiger partial charge in [0.05, 0.1) is 18.5 Å². The van der Waals surface area contributed by atoms with E-state index in [-0.39, 0.29) is 6.03 Å². The van der Waals surface area contributed by atoms with Crippen LogP contribution < -0.4 is 10.6 Å². The molecule has 0 saturated heterocycles. The summed E-state index contributed by atoms with van der Waals surface area (Å²) in [7, 11) is 0. The van der Waals surface area contributed by atoms with E-state index in [1.807, 2.05) is 17.5 Å². The van der Waals surface area contributed by atoms with E-state index in [4.69, 9.17) is 8.94 Å². The number of furan rings is 1. The van der Waals surface area contributed by atoms with Gasteiger partial charge in [-0.1, -0.05) is 5.16 Å². The van der Waals surface area contributed by atoms with Gasteiger partial charge >= 0.3 is 6.03 Å². The Kier molecular flexibility index (Phi) is 4.00. The predicted molar refractivity (Wildman–Crippen MR) is 89.8 cm³/mol. The molecule has 0 unspecified atom stereocenters. The first-order valence-electron chi connectivity index (χ1n) is 8.00. The Bertz CT molecular complexity index is 866. The summed E-state index contributed by atoms with van der Waals surface area (Å²) < 4.78 is 10.4. The molecule has 3 heterocycles. The van der Waals surface area contributed by atoms with E-state index >= 15 is 0 Å². The van der Waals surface area contributed by atoms with Crippen molar-refractivity contribution in [3.63, 3.8) is 0 Å². The quantitative estimate of drug-likeness (QED) is 0.725. The van der Waals surface area contributed by atoms with Gasteiger partial charge in [-0.05, 0) is 31.4 Å². The van der Waals surface area contributed by atoms with E-state index < -0.39 is 5.54 Å². The molecule has 0 atom stereocenters. The third kappa shape index (κ3) is 3.14. The molecular weight excluding hydrogens is 342 g/mol. The molecule has 2 N–H and O–H groups in total. The minimum atomic E-state index is -0.525. The molecular formula is C16H17N5O3S. The number of urea groups is 1. The highest BCUT2D eigenvalue weighted by Crippen LogP contribution is 2.39. The minimum absolute atomic E-state index is 0.269. The second-order valence-electron chi connectivity index (χ2n) is 6.00. The van der Waals surface area contributed by atoms with Crippen LogP contribution in [-0.4, -0.2) is 21.2 Å². The highest BCUT2D eigenvalue weighted by atomic mass is 32.1. The molecule has 0 aliphatic heterocycles. The molecule has 25 heavy (non-hydrogen) atoms. The van der Waals surface area contributed by atoms with Crippen molar-refractivity contribution in [2.75, 3.05) is 0 Å². The molecule has 9 heteroatoms. The highest BCUT2D eigenvalue weighted by molar-refractivity contribution is 7.13. The molecule has 1 aliphatic carbocycles. The zero-order valence-corrected chi connectivity index (χ0v) is 14.4. The van der Waals surface area contributed by atoms with Crippen molar-refractivity contribution in [2.24, 2.45) is 0 Å². The van der Waals surface area contributed by atoms with Crippen LogP contribution in [0.3, 0.4) is 0 Å². The summed E-state index contributed by atoms with van der Waals surface area (Å²) in [5.41, 5.74) is 0.257. The fraction of sp³-hybridized carbons (Fsp3) is 0.375. The van der Waals surface area contributed by atoms with E-state index in [1.54, 1.807) is 13.2 Å². The maximum absolute atomic E-state index is 12.3. The summed E-state index contributed by atoms with van der Waals surface area (Å²) in [6, 6.07) is 3.41. The first-order chi connectivity index (χ1) is 12.1. The molecule has 4 rings (SSSR count). The molecule has 0 spiro atoms. The number of hydrogen-bond donors (Lipinski definition) is 2. The van der Waals surface area contributed by atoms with Crippen LogP contribution in [0.25, 0.3) is 10.8 Å². The number of amides is 2. The lowest BCUT2D eigenvalue weighted by Gasteiger charge is -2.39. The van der Waals surface area contributed by atoms with E-state index in [1.165, 1.54) is 11.3 Å². The number of nitrogens with zero attached hydrogens (tertiary/aromatic N) is 3. The van der Waals surface area contributed by atoms with E-state index in [0.29, 0.717) is 18.3 Å². The van der Waals surface area contributed by atoms with Crippen LogP contribution in [0.2, 0.25) is 0 Å². The Morgan fingerprint density at radius 3 is 2.92 bits per heavy atom. The monoisotopic (exact) mass is 359 g/mol. The van der Waals surface area contributed by atoms with Crippen molar-refractivity contribution < 1.29 is 13.7 Å². The summed E-state index contributed by atoms with van der Waals surface area (Å²) in [6.07, 6.45) is 4.24. The van der Waals surface area contributed by atoms with Gasteiger partial charge in [0, 0.05) is 12.3 Å². The van der Waals surface area contributed by atoms with Gasteiger partial charge in [-0.3, -0.25) is 0 Å². The number of carbonyl (C=O) groups is 1. The Hall–Kier alpha value is -2.68. The van der Waals surface area contributed by atoms with Gasteiger partial charge in [0.15, 0.2) is 16.6 Å². The Morgan fingerprint density at radius 1 is 1.40 bits per heavy atom. The average molecular weight is 359 g/mol. The van der Waals surface area contributed by atoms with Gasteiger partial charge in [-0.15, -0.1) is 11.3 Å². The molecule has 8 nitrogen and oxygen atoms in total. The number of carbonyl (C=O) groups excluding carboxylic acids is 1. The highest BCUT2D eigenvalue weighted by Gasteiger charge is 2.44. The van der Waals surface area contributed by atoms with Crippen LogP contribution in [0.5, 0.6) is 0 Å². The standard InChI is InChI=1S/C16H17N5O3S/c1-10-18-14(21-24-10)16(5-3-6-16)20-15(22)17-8-11-9-25-13(19-11)12-4-2-7-23-12/h2,4,7,9H,3,5-6,8H2,1H3,(H2,17,20,22). The molecule has 3 aromatic rings. The van der Waals surface area contributed by atoms with Crippen molar-refractivity contribution in [1.29, 1.82) is 0 Å². The normalized spacial score (nSPS) is 15.6. The molecule has 130 valence electrons. The Balaban J connectivity index is 1.36. The van der Waals surface area contributed by atoms with E-state index in [9.17, 15) is 4.79 Å². The van der Waals surface area contributed by atoms with Crippen molar-refractivity contribution in [2.45, 2.75) is 38.3 Å². The third-order valence-electron chi connectivity index (χ3n) is 4.23. The third-order valence-corrected chi connectivity index (χ3v) is 5.13. The topological polar surface area (TPSA) is 106 Å². The molecule has 0 radical (unpaired) electrons. The van der Waals surface area contributed by atoms with Crippen LogP contribution in [0.1, 0.15) is 36.7 Å². The maximum atomic E-state index is 12.3. The fourth-order valence-electron chi connectivity index (χ4n) is 2.76. The SMILES string of the molecule is Cc1nc(C2(NC(=O)NCc3csc(-c4ccco4)n3)CCC2)no1. The van der Waals surface area contributed by atoms with Crippen LogP contribution in [0.15, 0.2) is 32.7 Å². The average Bonchev–Trinajstić information content (AvgIpc) is 3.29. The molecule has 1 saturated carbocycles. The first kappa shape index (κ1) is 15.8. The summed E-state index contributed by atoms with van der Waals surface area (Å²) in [6.45, 7) is 2.08. The first-order valence-corrected chi connectivity index (χ1v) is 8.88. The number of rotatable bonds is 5. The van der Waals surface area contributed by atoms with Gasteiger partial charge in [0.1, 0.15) is 5.54 Å². The summed E-state index contributed by atoms with van der Waals surface area (Å²) in [4.78, 5) is 21.0. The lowest BCUT2D eigenvalue weighted by atomic mass is 9.76. The van der Waals surface area contributed by atoms with Crippen molar-refractivity contribution >= 4 is 17.4 Å². The number of nitrogens with one attached hydrogen (secondary N) is 2. The number of hydrogen-bond acceptors (Lipinski definition) is 7. The van der Waals surface area contributed by atoms with Gasteiger partial charge < -0.3 is 19.6 Å². The summed E-state index contributed by atoms with van der Waals surface area (Å²) in [5.74, 6) is 1.76. The van der Waals surface area contributed by atoms with E-state index in [0.717, 1.165) is 35.7 Å². The lowest BCUT2D eigenvalue weighted by molar-refractivity contribution is 0.165. The van der Waals surface area contributed by atoms with Gasteiger partial charge in [0.2, 0.25) is 5.89 Å². The molecule has 3 aromatic heterocycles. The van der Waals surface area contributed by atoms with Crippen molar-refractivity contribution in [3.8, 4) is 10.8 Å². The lowest BCUT2D eigenvalue weighted by Crippen LogP contribution is -2.54. The number of thiazole rings is 1.